The smallest absolute Gasteiger partial charge is 0.0981 e. The molecule has 1 aliphatic heterocycles. The third kappa shape index (κ3) is 4.11. The topological polar surface area (TPSA) is 42.2 Å². The number of benzene rings is 3. The molecule has 3 aromatic carbocycles. The van der Waals surface area contributed by atoms with Crippen molar-refractivity contribution in [1.29, 1.82) is 0 Å². The summed E-state index contributed by atoms with van der Waals surface area (Å²) in [5.74, 6) is 0. The Morgan fingerprint density at radius 3 is 2.35 bits per heavy atom. The molecule has 0 bridgehead atoms. The summed E-state index contributed by atoms with van der Waals surface area (Å²) >= 11 is 7.78. The van der Waals surface area contributed by atoms with Gasteiger partial charge in [0.05, 0.1) is 23.1 Å². The molecule has 31 heavy (non-hydrogen) atoms. The Hall–Kier alpha value is -3.02. The fourth-order valence-corrected chi connectivity index (χ4v) is 4.31. The van der Waals surface area contributed by atoms with Gasteiger partial charge >= 0.3 is 0 Å². The van der Waals surface area contributed by atoms with E-state index in [2.05, 4.69) is 59.4 Å². The van der Waals surface area contributed by atoms with Crippen molar-refractivity contribution in [3.8, 4) is 16.9 Å². The highest BCUT2D eigenvalue weighted by Gasteiger charge is 2.26. The van der Waals surface area contributed by atoms with Crippen LogP contribution in [0.25, 0.3) is 16.9 Å². The molecular formula is C25H21ClN4S. The number of hydrazone groups is 1. The molecule has 1 N–H and O–H groups in total. The summed E-state index contributed by atoms with van der Waals surface area (Å²) in [5, 5.41) is 10.3. The van der Waals surface area contributed by atoms with Crippen molar-refractivity contribution >= 4 is 29.1 Å². The van der Waals surface area contributed by atoms with E-state index in [1.807, 2.05) is 47.1 Å². The average molecular weight is 445 g/mol. The molecule has 6 heteroatoms. The summed E-state index contributed by atoms with van der Waals surface area (Å²) < 4.78 is 1.95. The quantitative estimate of drug-likeness (QED) is 0.364. The van der Waals surface area contributed by atoms with Crippen LogP contribution < -0.4 is 5.43 Å². The van der Waals surface area contributed by atoms with E-state index in [1.165, 1.54) is 4.90 Å². The van der Waals surface area contributed by atoms with Crippen LogP contribution in [0.4, 0.5) is 0 Å². The van der Waals surface area contributed by atoms with Gasteiger partial charge in [0.2, 0.25) is 0 Å². The Kier molecular flexibility index (Phi) is 5.53. The van der Waals surface area contributed by atoms with Crippen molar-refractivity contribution in [3.63, 3.8) is 0 Å². The van der Waals surface area contributed by atoms with E-state index < -0.39 is 0 Å². The van der Waals surface area contributed by atoms with Gasteiger partial charge in [-0.25, -0.2) is 4.68 Å². The maximum atomic E-state index is 6.05. The monoisotopic (exact) mass is 444 g/mol. The first-order valence-electron chi connectivity index (χ1n) is 10.1. The number of halogens is 1. The third-order valence-corrected chi connectivity index (χ3v) is 6.43. The van der Waals surface area contributed by atoms with Gasteiger partial charge in [-0.1, -0.05) is 54.1 Å². The van der Waals surface area contributed by atoms with Crippen LogP contribution in [0, 0.1) is 0 Å². The molecule has 1 aliphatic rings. The molecule has 154 valence electrons. The fourth-order valence-electron chi connectivity index (χ4n) is 3.77. The Morgan fingerprint density at radius 2 is 1.65 bits per heavy atom. The highest BCUT2D eigenvalue weighted by molar-refractivity contribution is 7.98. The molecule has 1 atom stereocenters. The van der Waals surface area contributed by atoms with E-state index in [9.17, 15) is 0 Å². The van der Waals surface area contributed by atoms with Gasteiger partial charge in [-0.3, -0.25) is 0 Å². The molecule has 0 spiro atoms. The zero-order valence-corrected chi connectivity index (χ0v) is 18.6. The van der Waals surface area contributed by atoms with Crippen molar-refractivity contribution in [1.82, 2.24) is 15.2 Å². The Morgan fingerprint density at radius 1 is 0.935 bits per heavy atom. The van der Waals surface area contributed by atoms with E-state index >= 15 is 0 Å². The lowest BCUT2D eigenvalue weighted by molar-refractivity contribution is 0.621. The van der Waals surface area contributed by atoms with Gasteiger partial charge in [0.25, 0.3) is 0 Å². The zero-order valence-electron chi connectivity index (χ0n) is 17.0. The van der Waals surface area contributed by atoms with E-state index in [0.717, 1.165) is 45.2 Å². The fraction of sp³-hybridized carbons (Fsp3) is 0.120. The standard InChI is InChI=1S/C25H21ClN4S/c1-31-21-13-9-18(10-14-21)25-22(16-30(29-25)20-5-3-2-4-6-20)24-15-23(27-28-24)17-7-11-19(26)12-8-17/h2-14,16,24,28H,15H2,1H3. The van der Waals surface area contributed by atoms with Gasteiger partial charge in [0.15, 0.2) is 0 Å². The van der Waals surface area contributed by atoms with Crippen molar-refractivity contribution in [2.45, 2.75) is 17.4 Å². The minimum absolute atomic E-state index is 0.0540. The van der Waals surface area contributed by atoms with Gasteiger partial charge in [-0.15, -0.1) is 11.8 Å². The summed E-state index contributed by atoms with van der Waals surface area (Å²) in [6, 6.07) is 26.7. The van der Waals surface area contributed by atoms with Crippen LogP contribution in [-0.4, -0.2) is 21.7 Å². The SMILES string of the molecule is CSc1ccc(-c2nn(-c3ccccc3)cc2C2CC(c3ccc(Cl)cc3)=NN2)cc1. The predicted molar refractivity (Wildman–Crippen MR) is 129 cm³/mol. The van der Waals surface area contributed by atoms with Crippen LogP contribution in [0.15, 0.2) is 95.1 Å². The average Bonchev–Trinajstić information content (AvgIpc) is 3.48. The highest BCUT2D eigenvalue weighted by Crippen LogP contribution is 2.34. The maximum Gasteiger partial charge on any atom is 0.0981 e. The van der Waals surface area contributed by atoms with Gasteiger partial charge in [-0.05, 0) is 48.2 Å². The summed E-state index contributed by atoms with van der Waals surface area (Å²) in [7, 11) is 0. The molecule has 4 nitrogen and oxygen atoms in total. The van der Waals surface area contributed by atoms with Crippen molar-refractivity contribution in [2.24, 2.45) is 5.10 Å². The van der Waals surface area contributed by atoms with Crippen LogP contribution in [0.2, 0.25) is 5.02 Å². The van der Waals surface area contributed by atoms with E-state index in [4.69, 9.17) is 16.7 Å². The molecule has 0 amide bonds. The number of aromatic nitrogens is 2. The third-order valence-electron chi connectivity index (χ3n) is 5.43. The maximum absolute atomic E-state index is 6.05. The van der Waals surface area contributed by atoms with E-state index in [1.54, 1.807) is 11.8 Å². The lowest BCUT2D eigenvalue weighted by atomic mass is 9.97. The largest absolute Gasteiger partial charge is 0.302 e. The number of nitrogens with zero attached hydrogens (tertiary/aromatic N) is 3. The lowest BCUT2D eigenvalue weighted by Crippen LogP contribution is -2.10. The Balaban J connectivity index is 1.51. The molecule has 0 saturated heterocycles. The summed E-state index contributed by atoms with van der Waals surface area (Å²) in [5.41, 5.74) is 9.68. The van der Waals surface area contributed by atoms with Crippen molar-refractivity contribution < 1.29 is 0 Å². The van der Waals surface area contributed by atoms with Gasteiger partial charge in [0, 0.05) is 33.7 Å². The van der Waals surface area contributed by atoms with E-state index in [-0.39, 0.29) is 6.04 Å². The van der Waals surface area contributed by atoms with Gasteiger partial charge in [0.1, 0.15) is 0 Å². The second kappa shape index (κ2) is 8.61. The minimum Gasteiger partial charge on any atom is -0.302 e. The second-order valence-corrected chi connectivity index (χ2v) is 8.71. The molecule has 5 rings (SSSR count). The van der Waals surface area contributed by atoms with Gasteiger partial charge < -0.3 is 5.43 Å². The van der Waals surface area contributed by atoms with Crippen LogP contribution in [-0.2, 0) is 0 Å². The van der Waals surface area contributed by atoms with Crippen molar-refractivity contribution in [2.75, 3.05) is 6.26 Å². The van der Waals surface area contributed by atoms with Crippen LogP contribution >= 0.6 is 23.4 Å². The summed E-state index contributed by atoms with van der Waals surface area (Å²) in [4.78, 5) is 1.24. The number of hydrogen-bond donors (Lipinski definition) is 1. The summed E-state index contributed by atoms with van der Waals surface area (Å²) in [6.45, 7) is 0. The summed E-state index contributed by atoms with van der Waals surface area (Å²) in [6.07, 6.45) is 4.99. The number of nitrogens with one attached hydrogen (secondary N) is 1. The predicted octanol–water partition coefficient (Wildman–Crippen LogP) is 6.35. The highest BCUT2D eigenvalue weighted by atomic mass is 35.5. The van der Waals surface area contributed by atoms with Crippen LogP contribution in [0.1, 0.15) is 23.6 Å². The first-order valence-corrected chi connectivity index (χ1v) is 11.7. The first kappa shape index (κ1) is 19.9. The lowest BCUT2D eigenvalue weighted by Gasteiger charge is -2.10. The first-order chi connectivity index (χ1) is 15.2. The molecule has 4 aromatic rings. The molecule has 0 aliphatic carbocycles. The Bertz CT molecular complexity index is 1210. The number of para-hydroxylation sites is 1. The molecule has 1 unspecified atom stereocenters. The number of hydrogen-bond acceptors (Lipinski definition) is 4. The minimum atomic E-state index is 0.0540. The second-order valence-electron chi connectivity index (χ2n) is 7.39. The van der Waals surface area contributed by atoms with Crippen LogP contribution in [0.5, 0.6) is 0 Å². The molecule has 0 radical (unpaired) electrons. The zero-order chi connectivity index (χ0) is 21.2. The molecule has 0 saturated carbocycles. The van der Waals surface area contributed by atoms with Gasteiger partial charge in [-0.2, -0.15) is 10.2 Å². The van der Waals surface area contributed by atoms with E-state index in [0.29, 0.717) is 0 Å². The number of rotatable bonds is 5. The normalized spacial score (nSPS) is 15.5. The van der Waals surface area contributed by atoms with Crippen LogP contribution in [0.3, 0.4) is 0 Å². The van der Waals surface area contributed by atoms with Crippen molar-refractivity contribution in [3.05, 3.63) is 101 Å². The molecule has 2 heterocycles. The number of thioether (sulfide) groups is 1. The molecular weight excluding hydrogens is 424 g/mol. The molecule has 0 fully saturated rings. The molecule has 1 aromatic heterocycles. The Labute approximate surface area is 191 Å².